The Kier molecular flexibility index (Phi) is 5.26. The van der Waals surface area contributed by atoms with Crippen LogP contribution < -0.4 is 0 Å². The van der Waals surface area contributed by atoms with E-state index < -0.39 is 0 Å². The minimum Gasteiger partial charge on any atom is -0.384 e. The number of aryl methyl sites for hydroxylation is 1. The van der Waals surface area contributed by atoms with Gasteiger partial charge in [0.2, 0.25) is 0 Å². The van der Waals surface area contributed by atoms with Crippen LogP contribution in [0.2, 0.25) is 0 Å². The van der Waals surface area contributed by atoms with E-state index in [1.807, 2.05) is 0 Å². The number of likely N-dealkylation sites (tertiary alicyclic amines) is 1. The summed E-state index contributed by atoms with van der Waals surface area (Å²) in [7, 11) is 1.72. The van der Waals surface area contributed by atoms with Crippen LogP contribution in [-0.2, 0) is 4.74 Å². The molecule has 0 bridgehead atoms. The second-order valence-corrected chi connectivity index (χ2v) is 5.55. The predicted molar refractivity (Wildman–Crippen MR) is 76.5 cm³/mol. The van der Waals surface area contributed by atoms with Gasteiger partial charge in [-0.25, -0.2) is 4.39 Å². The van der Waals surface area contributed by atoms with Crippen molar-refractivity contribution in [2.45, 2.75) is 19.8 Å². The Bertz CT molecular complexity index is 476. The summed E-state index contributed by atoms with van der Waals surface area (Å²) in [6.45, 7) is 5.23. The van der Waals surface area contributed by atoms with Crippen molar-refractivity contribution in [3.8, 4) is 0 Å². The topological polar surface area (TPSA) is 29.5 Å². The molecule has 110 valence electrons. The normalized spacial score (nSPS) is 19.4. The highest BCUT2D eigenvalue weighted by Crippen LogP contribution is 2.17. The Balaban J connectivity index is 1.82. The number of methoxy groups -OCH3 is 1. The third-order valence-corrected chi connectivity index (χ3v) is 3.92. The van der Waals surface area contributed by atoms with Crippen LogP contribution in [-0.4, -0.2) is 44.0 Å². The van der Waals surface area contributed by atoms with Crippen molar-refractivity contribution in [2.75, 3.05) is 33.4 Å². The summed E-state index contributed by atoms with van der Waals surface area (Å²) in [5.41, 5.74) is 1.05. The van der Waals surface area contributed by atoms with E-state index in [-0.39, 0.29) is 11.6 Å². The highest BCUT2D eigenvalue weighted by molar-refractivity contribution is 5.96. The van der Waals surface area contributed by atoms with Crippen LogP contribution >= 0.6 is 0 Å². The average Bonchev–Trinajstić information content (AvgIpc) is 2.87. The summed E-state index contributed by atoms with van der Waals surface area (Å²) in [5, 5.41) is 0. The molecule has 1 unspecified atom stereocenters. The Morgan fingerprint density at radius 3 is 3.00 bits per heavy atom. The Labute approximate surface area is 119 Å². The number of Topliss-reactive ketones (excluding diaryl/α,β-unsaturated/α-hetero) is 1. The molecule has 1 aliphatic rings. The molecular weight excluding hydrogens is 257 g/mol. The van der Waals surface area contributed by atoms with E-state index in [1.54, 1.807) is 26.2 Å². The summed E-state index contributed by atoms with van der Waals surface area (Å²) < 4.78 is 18.6. The molecule has 20 heavy (non-hydrogen) atoms. The van der Waals surface area contributed by atoms with Gasteiger partial charge >= 0.3 is 0 Å². The summed E-state index contributed by atoms with van der Waals surface area (Å²) in [5.74, 6) is 0.281. The van der Waals surface area contributed by atoms with Crippen LogP contribution in [0.15, 0.2) is 18.2 Å². The standard InChI is InChI=1S/C16H22FNO2/c1-12-3-4-14(9-15(12)17)16(19)6-8-18-7-5-13(10-18)11-20-2/h3-4,9,13H,5-8,10-11H2,1-2H3. The number of nitrogens with zero attached hydrogens (tertiary/aromatic N) is 1. The molecule has 2 rings (SSSR count). The first-order valence-electron chi connectivity index (χ1n) is 7.11. The third kappa shape index (κ3) is 3.87. The molecule has 3 nitrogen and oxygen atoms in total. The fourth-order valence-electron chi connectivity index (χ4n) is 2.66. The summed E-state index contributed by atoms with van der Waals surface area (Å²) >= 11 is 0. The van der Waals surface area contributed by atoms with E-state index in [9.17, 15) is 9.18 Å². The van der Waals surface area contributed by atoms with Crippen LogP contribution in [0.25, 0.3) is 0 Å². The molecule has 1 aromatic carbocycles. The largest absolute Gasteiger partial charge is 0.384 e. The maximum Gasteiger partial charge on any atom is 0.164 e. The lowest BCUT2D eigenvalue weighted by molar-refractivity contribution is 0.0966. The van der Waals surface area contributed by atoms with Gasteiger partial charge in [0.05, 0.1) is 6.61 Å². The lowest BCUT2D eigenvalue weighted by Crippen LogP contribution is -2.24. The molecule has 0 amide bonds. The number of ether oxygens (including phenoxy) is 1. The van der Waals surface area contributed by atoms with Crippen LogP contribution in [0.4, 0.5) is 4.39 Å². The van der Waals surface area contributed by atoms with Crippen molar-refractivity contribution < 1.29 is 13.9 Å². The molecule has 0 spiro atoms. The van der Waals surface area contributed by atoms with E-state index in [1.165, 1.54) is 6.07 Å². The van der Waals surface area contributed by atoms with Crippen LogP contribution in [0, 0.1) is 18.7 Å². The molecule has 1 aromatic rings. The van der Waals surface area contributed by atoms with Gasteiger partial charge in [-0.15, -0.1) is 0 Å². The lowest BCUT2D eigenvalue weighted by atomic mass is 10.1. The van der Waals surface area contributed by atoms with Gasteiger partial charge in [0.1, 0.15) is 5.82 Å². The quantitative estimate of drug-likeness (QED) is 0.750. The fourth-order valence-corrected chi connectivity index (χ4v) is 2.66. The Morgan fingerprint density at radius 2 is 2.30 bits per heavy atom. The monoisotopic (exact) mass is 279 g/mol. The van der Waals surface area contributed by atoms with Crippen LogP contribution in [0.5, 0.6) is 0 Å². The van der Waals surface area contributed by atoms with E-state index in [4.69, 9.17) is 4.74 Å². The Hall–Kier alpha value is -1.26. The van der Waals surface area contributed by atoms with E-state index in [2.05, 4.69) is 4.90 Å². The number of ketones is 1. The molecule has 4 heteroatoms. The van der Waals surface area contributed by atoms with Crippen molar-refractivity contribution in [3.63, 3.8) is 0 Å². The molecule has 0 aliphatic carbocycles. The summed E-state index contributed by atoms with van der Waals surface area (Å²) in [4.78, 5) is 14.3. The molecule has 0 N–H and O–H groups in total. The number of carbonyl (C=O) groups is 1. The molecule has 1 atom stereocenters. The lowest BCUT2D eigenvalue weighted by Gasteiger charge is -2.15. The number of hydrogen-bond donors (Lipinski definition) is 0. The predicted octanol–water partition coefficient (Wildman–Crippen LogP) is 2.68. The first kappa shape index (κ1) is 15.1. The second kappa shape index (κ2) is 6.95. The zero-order chi connectivity index (χ0) is 14.5. The third-order valence-electron chi connectivity index (χ3n) is 3.92. The van der Waals surface area contributed by atoms with Gasteiger partial charge in [-0.1, -0.05) is 12.1 Å². The molecule has 0 saturated carbocycles. The van der Waals surface area contributed by atoms with E-state index in [0.717, 1.165) is 32.7 Å². The maximum absolute atomic E-state index is 13.4. The molecular formula is C16H22FNO2. The molecule has 1 aliphatic heterocycles. The number of rotatable bonds is 6. The highest BCUT2D eigenvalue weighted by Gasteiger charge is 2.22. The zero-order valence-electron chi connectivity index (χ0n) is 12.2. The van der Waals surface area contributed by atoms with Crippen LogP contribution in [0.3, 0.4) is 0 Å². The molecule has 1 fully saturated rings. The van der Waals surface area contributed by atoms with Crippen LogP contribution in [0.1, 0.15) is 28.8 Å². The van der Waals surface area contributed by atoms with Crippen molar-refractivity contribution in [1.29, 1.82) is 0 Å². The molecule has 0 radical (unpaired) electrons. The SMILES string of the molecule is COCC1CCN(CCC(=O)c2ccc(C)c(F)c2)C1. The summed E-state index contributed by atoms with van der Waals surface area (Å²) in [6.07, 6.45) is 1.57. The van der Waals surface area contributed by atoms with Crippen molar-refractivity contribution in [3.05, 3.63) is 35.1 Å². The van der Waals surface area contributed by atoms with Gasteiger partial charge in [-0.3, -0.25) is 4.79 Å². The molecule has 0 aromatic heterocycles. The number of carbonyl (C=O) groups excluding carboxylic acids is 1. The fraction of sp³-hybridized carbons (Fsp3) is 0.562. The number of benzene rings is 1. The molecule has 1 heterocycles. The number of halogens is 1. The highest BCUT2D eigenvalue weighted by atomic mass is 19.1. The van der Waals surface area contributed by atoms with Gasteiger partial charge in [-0.05, 0) is 37.4 Å². The second-order valence-electron chi connectivity index (χ2n) is 5.55. The van der Waals surface area contributed by atoms with Gasteiger partial charge in [0.25, 0.3) is 0 Å². The van der Waals surface area contributed by atoms with Crippen molar-refractivity contribution in [2.24, 2.45) is 5.92 Å². The van der Waals surface area contributed by atoms with E-state index in [0.29, 0.717) is 23.5 Å². The van der Waals surface area contributed by atoms with Gasteiger partial charge in [0.15, 0.2) is 5.78 Å². The first-order chi connectivity index (χ1) is 9.60. The minimum absolute atomic E-state index is 0.0130. The van der Waals surface area contributed by atoms with Gasteiger partial charge in [-0.2, -0.15) is 0 Å². The Morgan fingerprint density at radius 1 is 1.50 bits per heavy atom. The van der Waals surface area contributed by atoms with E-state index >= 15 is 0 Å². The maximum atomic E-state index is 13.4. The smallest absolute Gasteiger partial charge is 0.164 e. The zero-order valence-corrected chi connectivity index (χ0v) is 12.2. The summed E-state index contributed by atoms with van der Waals surface area (Å²) in [6, 6.07) is 4.71. The first-order valence-corrected chi connectivity index (χ1v) is 7.11. The minimum atomic E-state index is -0.308. The van der Waals surface area contributed by atoms with Crippen molar-refractivity contribution in [1.82, 2.24) is 4.90 Å². The average molecular weight is 279 g/mol. The molecule has 1 saturated heterocycles. The number of hydrogen-bond acceptors (Lipinski definition) is 3. The van der Waals surface area contributed by atoms with Crippen molar-refractivity contribution >= 4 is 5.78 Å². The van der Waals surface area contributed by atoms with Gasteiger partial charge in [0, 0.05) is 32.2 Å². The van der Waals surface area contributed by atoms with Gasteiger partial charge < -0.3 is 9.64 Å².